The van der Waals surface area contributed by atoms with Crippen LogP contribution in [0.25, 0.3) is 0 Å². The number of aromatic nitrogens is 1. The van der Waals surface area contributed by atoms with Crippen molar-refractivity contribution in [3.05, 3.63) is 42.5 Å². The smallest absolute Gasteiger partial charge is 0.335 e. The number of carboxylic acids is 1. The number of hydrogen-bond donors (Lipinski definition) is 1. The number of carbonyl (C=O) groups is 1. The predicted molar refractivity (Wildman–Crippen MR) is 107 cm³/mol. The maximum absolute atomic E-state index is 11.6. The second kappa shape index (κ2) is 8.79. The lowest BCUT2D eigenvalue weighted by molar-refractivity contribution is 0.0697. The van der Waals surface area contributed by atoms with Gasteiger partial charge in [-0.3, -0.25) is 0 Å². The summed E-state index contributed by atoms with van der Waals surface area (Å²) in [6.45, 7) is 7.75. The average molecular weight is 371 g/mol. The molecule has 0 aromatic carbocycles. The Morgan fingerprint density at radius 2 is 1.41 bits per heavy atom. The lowest BCUT2D eigenvalue weighted by atomic mass is 10.2. The fraction of sp³-hybridized carbons (Fsp3) is 0.500. The van der Waals surface area contributed by atoms with Gasteiger partial charge in [-0.2, -0.15) is 0 Å². The van der Waals surface area contributed by atoms with E-state index in [-0.39, 0.29) is 5.56 Å². The van der Waals surface area contributed by atoms with Gasteiger partial charge in [0.05, 0.1) is 18.9 Å². The van der Waals surface area contributed by atoms with Gasteiger partial charge < -0.3 is 24.7 Å². The van der Waals surface area contributed by atoms with Crippen LogP contribution in [-0.4, -0.2) is 52.3 Å². The van der Waals surface area contributed by atoms with Crippen molar-refractivity contribution in [2.75, 3.05) is 36.2 Å². The summed E-state index contributed by atoms with van der Waals surface area (Å²) in [4.78, 5) is 24.8. The van der Waals surface area contributed by atoms with Gasteiger partial charge >= 0.3 is 5.97 Å². The Balaban J connectivity index is 1.76. The summed E-state index contributed by atoms with van der Waals surface area (Å²) >= 11 is 0. The molecule has 146 valence electrons. The van der Waals surface area contributed by atoms with E-state index in [1.807, 2.05) is 34.6 Å². The van der Waals surface area contributed by atoms with Crippen LogP contribution in [0.3, 0.4) is 0 Å². The van der Waals surface area contributed by atoms with Crippen molar-refractivity contribution in [1.29, 1.82) is 0 Å². The second-order valence-corrected chi connectivity index (χ2v) is 7.03. The predicted octanol–water partition coefficient (Wildman–Crippen LogP) is 3.48. The molecule has 1 aromatic heterocycles. The highest BCUT2D eigenvalue weighted by molar-refractivity contribution is 5.89. The Bertz CT molecular complexity index is 668. The lowest BCUT2D eigenvalue weighted by Gasteiger charge is -2.24. The van der Waals surface area contributed by atoms with Crippen LogP contribution < -0.4 is 9.80 Å². The van der Waals surface area contributed by atoms with Crippen LogP contribution in [0, 0.1) is 0 Å². The van der Waals surface area contributed by atoms with E-state index < -0.39 is 5.97 Å². The number of unbranched alkanes of at least 4 members (excludes halogenated alkanes) is 2. The summed E-state index contributed by atoms with van der Waals surface area (Å²) in [6, 6.07) is 3.29. The van der Waals surface area contributed by atoms with E-state index in [4.69, 9.17) is 4.98 Å². The van der Waals surface area contributed by atoms with Gasteiger partial charge in [-0.25, -0.2) is 9.78 Å². The first-order valence-corrected chi connectivity index (χ1v) is 9.74. The molecule has 3 rings (SSSR count). The first-order chi connectivity index (χ1) is 13.1. The molecule has 0 saturated carbocycles. The highest BCUT2D eigenvalue weighted by Gasteiger charge is 2.21. The molecule has 0 atom stereocenters. The molecule has 0 bridgehead atoms. The normalized spacial score (nSPS) is 16.1. The Morgan fingerprint density at radius 1 is 0.926 bits per heavy atom. The second-order valence-electron chi connectivity index (χ2n) is 7.03. The third kappa shape index (κ3) is 4.72. The summed E-state index contributed by atoms with van der Waals surface area (Å²) in [6.07, 6.45) is 12.6. The first kappa shape index (κ1) is 19.1. The Morgan fingerprint density at radius 3 is 1.81 bits per heavy atom. The molecule has 0 unspecified atom stereocenters. The zero-order valence-corrected chi connectivity index (χ0v) is 16.2. The highest BCUT2D eigenvalue weighted by atomic mass is 16.4. The van der Waals surface area contributed by atoms with E-state index in [2.05, 4.69) is 23.6 Å². The molecule has 0 spiro atoms. The third-order valence-corrected chi connectivity index (χ3v) is 4.81. The van der Waals surface area contributed by atoms with Crippen LogP contribution in [0.5, 0.6) is 0 Å². The standard InChI is InChI=1S/C20H29N5O2/c1-3-5-7-22-9-11-24(15-22)18-13-17(20(26)27)14-19(21-18)25-12-10-23(16-25)8-6-4-2/h9-14H,3-8,15-16H2,1-2H3,(H,26,27). The summed E-state index contributed by atoms with van der Waals surface area (Å²) in [5.74, 6) is 0.401. The molecule has 1 N–H and O–H groups in total. The van der Waals surface area contributed by atoms with Gasteiger partial charge in [-0.15, -0.1) is 0 Å². The van der Waals surface area contributed by atoms with Gasteiger partial charge in [-0.1, -0.05) is 26.7 Å². The molecule has 27 heavy (non-hydrogen) atoms. The minimum atomic E-state index is -0.933. The van der Waals surface area contributed by atoms with Crippen molar-refractivity contribution >= 4 is 17.6 Å². The lowest BCUT2D eigenvalue weighted by Crippen LogP contribution is -2.28. The molecule has 1 aromatic rings. The molecule has 0 aliphatic carbocycles. The third-order valence-electron chi connectivity index (χ3n) is 4.81. The Hall–Kier alpha value is -2.70. The molecule has 0 fully saturated rings. The molecule has 2 aliphatic rings. The molecule has 7 nitrogen and oxygen atoms in total. The zero-order valence-electron chi connectivity index (χ0n) is 16.2. The van der Waals surface area contributed by atoms with Crippen LogP contribution in [0.1, 0.15) is 49.9 Å². The van der Waals surface area contributed by atoms with Gasteiger partial charge in [0.2, 0.25) is 0 Å². The van der Waals surface area contributed by atoms with E-state index in [0.717, 1.165) is 38.8 Å². The van der Waals surface area contributed by atoms with Crippen LogP contribution >= 0.6 is 0 Å². The minimum absolute atomic E-state index is 0.260. The number of nitrogens with zero attached hydrogens (tertiary/aromatic N) is 5. The van der Waals surface area contributed by atoms with Gasteiger partial charge in [0.15, 0.2) is 0 Å². The average Bonchev–Trinajstić information content (AvgIpc) is 3.34. The van der Waals surface area contributed by atoms with E-state index in [1.165, 1.54) is 0 Å². The van der Waals surface area contributed by atoms with Crippen LogP contribution in [-0.2, 0) is 0 Å². The first-order valence-electron chi connectivity index (χ1n) is 9.74. The molecule has 0 radical (unpaired) electrons. The van der Waals surface area contributed by atoms with E-state index >= 15 is 0 Å². The topological polar surface area (TPSA) is 63.2 Å². The molecule has 3 heterocycles. The van der Waals surface area contributed by atoms with Crippen molar-refractivity contribution < 1.29 is 9.90 Å². The van der Waals surface area contributed by atoms with Crippen molar-refractivity contribution in [3.8, 4) is 0 Å². The maximum Gasteiger partial charge on any atom is 0.335 e. The summed E-state index contributed by atoms with van der Waals surface area (Å²) in [5, 5.41) is 9.53. The fourth-order valence-electron chi connectivity index (χ4n) is 3.16. The number of hydrogen-bond acceptors (Lipinski definition) is 6. The molecular weight excluding hydrogens is 342 g/mol. The van der Waals surface area contributed by atoms with E-state index in [9.17, 15) is 9.90 Å². The monoisotopic (exact) mass is 371 g/mol. The Labute approximate surface area is 161 Å². The van der Waals surface area contributed by atoms with Gasteiger partial charge in [-0.05, 0) is 25.0 Å². The van der Waals surface area contributed by atoms with Crippen molar-refractivity contribution in [3.63, 3.8) is 0 Å². The molecule has 0 saturated heterocycles. The van der Waals surface area contributed by atoms with Gasteiger partial charge in [0, 0.05) is 37.9 Å². The summed E-state index contributed by atoms with van der Waals surface area (Å²) in [5.41, 5.74) is 0.260. The van der Waals surface area contributed by atoms with Crippen LogP contribution in [0.4, 0.5) is 11.6 Å². The van der Waals surface area contributed by atoms with Crippen molar-refractivity contribution in [2.45, 2.75) is 39.5 Å². The molecule has 7 heteroatoms. The molecule has 2 aliphatic heterocycles. The van der Waals surface area contributed by atoms with Crippen LogP contribution in [0.2, 0.25) is 0 Å². The van der Waals surface area contributed by atoms with Crippen molar-refractivity contribution in [1.82, 2.24) is 14.8 Å². The number of pyridine rings is 1. The minimum Gasteiger partial charge on any atom is -0.478 e. The molecule has 0 amide bonds. The highest BCUT2D eigenvalue weighted by Crippen LogP contribution is 2.26. The Kier molecular flexibility index (Phi) is 6.21. The van der Waals surface area contributed by atoms with E-state index in [0.29, 0.717) is 25.0 Å². The number of anilines is 2. The zero-order chi connectivity index (χ0) is 19.2. The van der Waals surface area contributed by atoms with Gasteiger partial charge in [0.1, 0.15) is 11.6 Å². The van der Waals surface area contributed by atoms with Crippen LogP contribution in [0.15, 0.2) is 36.9 Å². The molecular formula is C20H29N5O2. The SMILES string of the molecule is CCCCN1C=CN(c2cc(C(=O)O)cc(N3C=CN(CCCC)C3)n2)C1. The van der Waals surface area contributed by atoms with E-state index in [1.54, 1.807) is 12.1 Å². The largest absolute Gasteiger partial charge is 0.478 e. The number of aromatic carboxylic acids is 1. The quantitative estimate of drug-likeness (QED) is 0.713. The number of carboxylic acid groups (broad SMARTS) is 1. The van der Waals surface area contributed by atoms with Gasteiger partial charge in [0.25, 0.3) is 0 Å². The maximum atomic E-state index is 11.6. The summed E-state index contributed by atoms with van der Waals surface area (Å²) < 4.78 is 0. The summed E-state index contributed by atoms with van der Waals surface area (Å²) in [7, 11) is 0. The number of rotatable bonds is 9. The van der Waals surface area contributed by atoms with Crippen molar-refractivity contribution in [2.24, 2.45) is 0 Å². The fourth-order valence-corrected chi connectivity index (χ4v) is 3.16.